The van der Waals surface area contributed by atoms with Crippen LogP contribution in [0.25, 0.3) is 6.08 Å². The lowest BCUT2D eigenvalue weighted by Gasteiger charge is -2.23. The zero-order valence-electron chi connectivity index (χ0n) is 14.8. The maximum Gasteiger partial charge on any atom is 0.250 e. The first-order chi connectivity index (χ1) is 12.6. The summed E-state index contributed by atoms with van der Waals surface area (Å²) in [6, 6.07) is 9.60. The van der Waals surface area contributed by atoms with E-state index in [1.165, 1.54) is 0 Å². The number of hydrogen-bond donors (Lipinski definition) is 2. The fourth-order valence-corrected chi connectivity index (χ4v) is 3.73. The van der Waals surface area contributed by atoms with E-state index in [4.69, 9.17) is 5.73 Å². The van der Waals surface area contributed by atoms with Crippen molar-refractivity contribution in [1.82, 2.24) is 4.90 Å². The van der Waals surface area contributed by atoms with Gasteiger partial charge in [-0.15, -0.1) is 11.3 Å². The molecule has 1 aliphatic heterocycles. The van der Waals surface area contributed by atoms with Crippen molar-refractivity contribution in [1.29, 1.82) is 0 Å². The van der Waals surface area contributed by atoms with E-state index >= 15 is 0 Å². The van der Waals surface area contributed by atoms with Gasteiger partial charge in [-0.25, -0.2) is 4.99 Å². The Labute approximate surface area is 157 Å². The number of rotatable bonds is 6. The van der Waals surface area contributed by atoms with E-state index in [0.717, 1.165) is 28.1 Å². The van der Waals surface area contributed by atoms with Crippen LogP contribution in [0.5, 0.6) is 0 Å². The summed E-state index contributed by atoms with van der Waals surface area (Å²) in [4.78, 5) is 20.4. The van der Waals surface area contributed by atoms with Gasteiger partial charge in [-0.1, -0.05) is 31.2 Å². The lowest BCUT2D eigenvalue weighted by atomic mass is 10.1. The van der Waals surface area contributed by atoms with E-state index in [2.05, 4.69) is 11.9 Å². The monoisotopic (exact) mass is 369 g/mol. The molecule has 1 aliphatic rings. The molecule has 0 aliphatic carbocycles. The number of amidine groups is 1. The lowest BCUT2D eigenvalue weighted by Crippen LogP contribution is -2.33. The summed E-state index contributed by atoms with van der Waals surface area (Å²) in [5, 5.41) is 11.1. The van der Waals surface area contributed by atoms with Crippen LogP contribution >= 0.6 is 11.3 Å². The molecule has 2 aromatic rings. The molecule has 0 saturated carbocycles. The van der Waals surface area contributed by atoms with Crippen LogP contribution in [0, 0.1) is 0 Å². The molecule has 1 aromatic carbocycles. The zero-order chi connectivity index (χ0) is 18.5. The molecule has 1 aromatic heterocycles. The van der Waals surface area contributed by atoms with E-state index in [0.29, 0.717) is 30.9 Å². The van der Waals surface area contributed by atoms with Crippen LogP contribution in [0.4, 0.5) is 5.69 Å². The summed E-state index contributed by atoms with van der Waals surface area (Å²) in [6.45, 7) is 3.28. The Balaban J connectivity index is 1.83. The Bertz CT molecular complexity index is 837. The highest BCUT2D eigenvalue weighted by molar-refractivity contribution is 7.11. The molecule has 6 heteroatoms. The summed E-state index contributed by atoms with van der Waals surface area (Å²) < 4.78 is 0. The number of benzene rings is 1. The minimum atomic E-state index is -0.00233. The van der Waals surface area contributed by atoms with Gasteiger partial charge in [0, 0.05) is 25.1 Å². The maximum atomic E-state index is 13.2. The second-order valence-corrected chi connectivity index (χ2v) is 7.27. The summed E-state index contributed by atoms with van der Waals surface area (Å²) in [6.07, 6.45) is 3.16. The van der Waals surface area contributed by atoms with Crippen molar-refractivity contribution >= 4 is 34.8 Å². The lowest BCUT2D eigenvalue weighted by molar-refractivity contribution is -0.127. The fourth-order valence-electron chi connectivity index (χ4n) is 2.95. The van der Waals surface area contributed by atoms with Gasteiger partial charge in [0.1, 0.15) is 5.84 Å². The van der Waals surface area contributed by atoms with E-state index in [-0.39, 0.29) is 12.5 Å². The topological polar surface area (TPSA) is 78.9 Å². The van der Waals surface area contributed by atoms with Crippen LogP contribution < -0.4 is 5.73 Å². The quantitative estimate of drug-likeness (QED) is 0.818. The van der Waals surface area contributed by atoms with Gasteiger partial charge in [0.15, 0.2) is 0 Å². The van der Waals surface area contributed by atoms with Gasteiger partial charge in [0.2, 0.25) is 0 Å². The Kier molecular flexibility index (Phi) is 5.85. The minimum absolute atomic E-state index is 0.00233. The predicted octanol–water partition coefficient (Wildman–Crippen LogP) is 3.46. The molecule has 136 valence electrons. The van der Waals surface area contributed by atoms with Crippen LogP contribution in [-0.2, 0) is 17.9 Å². The van der Waals surface area contributed by atoms with E-state index in [1.54, 1.807) is 11.3 Å². The van der Waals surface area contributed by atoms with E-state index < -0.39 is 0 Å². The first-order valence-electron chi connectivity index (χ1n) is 8.69. The van der Waals surface area contributed by atoms with Gasteiger partial charge in [0.05, 0.1) is 17.2 Å². The number of amides is 1. The van der Waals surface area contributed by atoms with Crippen LogP contribution in [0.1, 0.15) is 35.8 Å². The van der Waals surface area contributed by atoms with Crippen molar-refractivity contribution in [2.45, 2.75) is 32.9 Å². The number of carbonyl (C=O) groups is 1. The smallest absolute Gasteiger partial charge is 0.250 e. The molecule has 0 spiro atoms. The van der Waals surface area contributed by atoms with Crippen LogP contribution in [0.2, 0.25) is 0 Å². The normalized spacial score (nSPS) is 13.5. The summed E-state index contributed by atoms with van der Waals surface area (Å²) in [5.74, 6) is 0.461. The highest BCUT2D eigenvalue weighted by Crippen LogP contribution is 2.31. The third-order valence-electron chi connectivity index (χ3n) is 4.25. The molecule has 1 amide bonds. The third-order valence-corrected chi connectivity index (χ3v) is 5.10. The van der Waals surface area contributed by atoms with E-state index in [1.807, 2.05) is 46.7 Å². The second kappa shape index (κ2) is 8.29. The van der Waals surface area contributed by atoms with Gasteiger partial charge in [-0.3, -0.25) is 4.79 Å². The maximum absolute atomic E-state index is 13.2. The molecule has 5 nitrogen and oxygen atoms in total. The van der Waals surface area contributed by atoms with E-state index in [9.17, 15) is 9.90 Å². The second-order valence-electron chi connectivity index (χ2n) is 6.32. The number of aliphatic hydroxyl groups excluding tert-OH is 1. The van der Waals surface area contributed by atoms with Gasteiger partial charge in [-0.05, 0) is 35.1 Å². The standard InChI is InChI=1S/C20H23N3O2S/c1-2-8-23(12-14-3-5-15(13-24)6-4-14)20(25)16-10-18-17(7-9-26-18)22-19(21)11-16/h3-7,9-10,24H,2,8,11-13H2,1H3,(H2,21,22). The molecule has 3 rings (SSSR count). The number of aliphatic imine (C=N–C) groups is 1. The molecule has 0 radical (unpaired) electrons. The number of hydrogen-bond acceptors (Lipinski definition) is 5. The van der Waals surface area contributed by atoms with Gasteiger partial charge >= 0.3 is 0 Å². The van der Waals surface area contributed by atoms with Gasteiger partial charge in [0.25, 0.3) is 5.91 Å². The van der Waals surface area contributed by atoms with Crippen molar-refractivity contribution in [2.75, 3.05) is 6.54 Å². The fraction of sp³-hybridized carbons (Fsp3) is 0.300. The molecular weight excluding hydrogens is 346 g/mol. The number of fused-ring (bicyclic) bond motifs is 1. The Morgan fingerprint density at radius 3 is 2.69 bits per heavy atom. The SMILES string of the molecule is CCCN(Cc1ccc(CO)cc1)C(=O)C1=Cc2sccc2N=C(N)C1. The van der Waals surface area contributed by atoms with Gasteiger partial charge in [-0.2, -0.15) is 0 Å². The summed E-state index contributed by atoms with van der Waals surface area (Å²) in [7, 11) is 0. The van der Waals surface area contributed by atoms with Crippen molar-refractivity contribution in [3.63, 3.8) is 0 Å². The number of thiophene rings is 1. The zero-order valence-corrected chi connectivity index (χ0v) is 15.6. The molecule has 3 N–H and O–H groups in total. The molecule has 2 heterocycles. The molecular formula is C20H23N3O2S. The first kappa shape index (κ1) is 18.4. The molecule has 0 bridgehead atoms. The third kappa shape index (κ3) is 4.20. The molecule has 0 unspecified atom stereocenters. The van der Waals surface area contributed by atoms with Crippen molar-refractivity contribution < 1.29 is 9.90 Å². The molecule has 0 atom stereocenters. The summed E-state index contributed by atoms with van der Waals surface area (Å²) >= 11 is 1.56. The largest absolute Gasteiger partial charge is 0.392 e. The predicted molar refractivity (Wildman–Crippen MR) is 106 cm³/mol. The van der Waals surface area contributed by atoms with Crippen molar-refractivity contribution in [3.8, 4) is 0 Å². The average molecular weight is 369 g/mol. The minimum Gasteiger partial charge on any atom is -0.392 e. The number of nitrogens with two attached hydrogens (primary N) is 1. The molecule has 26 heavy (non-hydrogen) atoms. The van der Waals surface area contributed by atoms with Crippen LogP contribution in [0.3, 0.4) is 0 Å². The van der Waals surface area contributed by atoms with Crippen LogP contribution in [0.15, 0.2) is 46.3 Å². The first-order valence-corrected chi connectivity index (χ1v) is 9.57. The Morgan fingerprint density at radius 2 is 2.00 bits per heavy atom. The molecule has 0 fully saturated rings. The van der Waals surface area contributed by atoms with Crippen molar-refractivity contribution in [3.05, 3.63) is 57.3 Å². The number of aliphatic hydroxyl groups is 1. The van der Waals surface area contributed by atoms with Crippen LogP contribution in [-0.4, -0.2) is 28.3 Å². The highest BCUT2D eigenvalue weighted by Gasteiger charge is 2.21. The Hall–Kier alpha value is -2.44. The number of carbonyl (C=O) groups excluding carboxylic acids is 1. The van der Waals surface area contributed by atoms with Gasteiger partial charge < -0.3 is 15.7 Å². The average Bonchev–Trinajstić information content (AvgIpc) is 3.00. The van der Waals surface area contributed by atoms with Crippen molar-refractivity contribution in [2.24, 2.45) is 10.7 Å². The molecule has 0 saturated heterocycles. The number of nitrogens with zero attached hydrogens (tertiary/aromatic N) is 2. The Morgan fingerprint density at radius 1 is 1.27 bits per heavy atom. The summed E-state index contributed by atoms with van der Waals surface area (Å²) in [5.41, 5.74) is 9.42. The highest BCUT2D eigenvalue weighted by atomic mass is 32.1.